The lowest BCUT2D eigenvalue weighted by molar-refractivity contribution is -0.119. The molecule has 2 N–H and O–H groups in total. The number of thioether (sulfide) groups is 1. The number of hydrogen-bond donors (Lipinski definition) is 1. The Morgan fingerprint density at radius 3 is 2.81 bits per heavy atom. The molecule has 0 bridgehead atoms. The van der Waals surface area contributed by atoms with Crippen molar-refractivity contribution in [2.45, 2.75) is 56.6 Å². The highest BCUT2D eigenvalue weighted by atomic mass is 32.2. The van der Waals surface area contributed by atoms with Gasteiger partial charge in [-0.3, -0.25) is 0 Å². The fourth-order valence-corrected chi connectivity index (χ4v) is 3.96. The molecule has 2 atom stereocenters. The van der Waals surface area contributed by atoms with Crippen LogP contribution < -0.4 is 5.73 Å². The maximum atomic E-state index is 6.27. The van der Waals surface area contributed by atoms with Gasteiger partial charge in [0, 0.05) is 18.4 Å². The molecule has 2 rings (SSSR count). The molecule has 0 aromatic heterocycles. The average Bonchev–Trinajstić information content (AvgIpc) is 2.30. The minimum atomic E-state index is 0.219. The Bertz CT molecular complexity index is 210. The van der Waals surface area contributed by atoms with E-state index in [0.717, 1.165) is 12.4 Å². The van der Waals surface area contributed by atoms with Gasteiger partial charge in [-0.05, 0) is 37.9 Å². The molecule has 0 amide bonds. The van der Waals surface area contributed by atoms with Gasteiger partial charge in [-0.1, -0.05) is 19.3 Å². The Morgan fingerprint density at radius 1 is 1.38 bits per heavy atom. The Hall–Kier alpha value is 0.270. The highest BCUT2D eigenvalue weighted by Gasteiger charge is 2.39. The Balaban J connectivity index is 1.92. The molecule has 0 aromatic carbocycles. The van der Waals surface area contributed by atoms with Crippen LogP contribution in [0.25, 0.3) is 0 Å². The summed E-state index contributed by atoms with van der Waals surface area (Å²) in [5, 5.41) is 0. The van der Waals surface area contributed by atoms with Gasteiger partial charge in [0.05, 0.1) is 5.60 Å². The number of hydrogen-bond acceptors (Lipinski definition) is 3. The molecule has 16 heavy (non-hydrogen) atoms. The molecule has 1 heterocycles. The van der Waals surface area contributed by atoms with Gasteiger partial charge in [-0.25, -0.2) is 0 Å². The van der Waals surface area contributed by atoms with E-state index in [1.165, 1.54) is 44.9 Å². The van der Waals surface area contributed by atoms with Crippen molar-refractivity contribution < 1.29 is 4.74 Å². The van der Waals surface area contributed by atoms with E-state index >= 15 is 0 Å². The topological polar surface area (TPSA) is 35.2 Å². The molecule has 1 saturated heterocycles. The van der Waals surface area contributed by atoms with Crippen LogP contribution in [0.1, 0.15) is 44.9 Å². The first-order valence-corrected chi connectivity index (χ1v) is 8.04. The second-order valence-electron chi connectivity index (χ2n) is 5.46. The Labute approximate surface area is 104 Å². The molecule has 1 saturated carbocycles. The Morgan fingerprint density at radius 2 is 2.12 bits per heavy atom. The third kappa shape index (κ3) is 2.93. The van der Waals surface area contributed by atoms with E-state index in [4.69, 9.17) is 10.5 Å². The summed E-state index contributed by atoms with van der Waals surface area (Å²) in [6.45, 7) is 0.937. The fraction of sp³-hybridized carbons (Fsp3) is 1.00. The first-order chi connectivity index (χ1) is 7.76. The zero-order valence-electron chi connectivity index (χ0n) is 10.4. The second-order valence-corrected chi connectivity index (χ2v) is 6.37. The van der Waals surface area contributed by atoms with Crippen molar-refractivity contribution in [1.82, 2.24) is 0 Å². The SMILES string of the molecule is CSCC(N)C1CCOC2(CCCCC2)C1. The summed E-state index contributed by atoms with van der Waals surface area (Å²) in [4.78, 5) is 0. The first-order valence-electron chi connectivity index (χ1n) is 6.64. The van der Waals surface area contributed by atoms with Gasteiger partial charge in [0.2, 0.25) is 0 Å². The lowest BCUT2D eigenvalue weighted by Crippen LogP contribution is -2.47. The van der Waals surface area contributed by atoms with Gasteiger partial charge in [0.1, 0.15) is 0 Å². The van der Waals surface area contributed by atoms with Crippen molar-refractivity contribution in [1.29, 1.82) is 0 Å². The molecular formula is C13H25NOS. The molecule has 2 aliphatic rings. The molecule has 1 aliphatic heterocycles. The van der Waals surface area contributed by atoms with Crippen LogP contribution in [0.5, 0.6) is 0 Å². The maximum absolute atomic E-state index is 6.27. The van der Waals surface area contributed by atoms with E-state index in [1.807, 2.05) is 11.8 Å². The smallest absolute Gasteiger partial charge is 0.0685 e. The normalized spacial score (nSPS) is 31.5. The molecule has 94 valence electrons. The van der Waals surface area contributed by atoms with Gasteiger partial charge < -0.3 is 10.5 Å². The zero-order chi connectivity index (χ0) is 11.4. The first kappa shape index (κ1) is 12.7. The van der Waals surface area contributed by atoms with E-state index in [9.17, 15) is 0 Å². The molecule has 0 aromatic rings. The summed E-state index contributed by atoms with van der Waals surface area (Å²) in [6, 6.07) is 0.373. The third-order valence-electron chi connectivity index (χ3n) is 4.26. The largest absolute Gasteiger partial charge is 0.375 e. The molecule has 2 nitrogen and oxygen atoms in total. The van der Waals surface area contributed by atoms with Crippen LogP contribution in [0.3, 0.4) is 0 Å². The summed E-state index contributed by atoms with van der Waals surface area (Å²) in [6.07, 6.45) is 11.2. The minimum Gasteiger partial charge on any atom is -0.375 e. The van der Waals surface area contributed by atoms with Crippen molar-refractivity contribution in [3.63, 3.8) is 0 Å². The van der Waals surface area contributed by atoms with Crippen LogP contribution >= 0.6 is 11.8 Å². The van der Waals surface area contributed by atoms with E-state index in [1.54, 1.807) is 0 Å². The highest BCUT2D eigenvalue weighted by molar-refractivity contribution is 7.98. The standard InChI is InChI=1S/C13H25NOS/c1-16-10-12(14)11-5-8-15-13(9-11)6-3-2-4-7-13/h11-12H,2-10,14H2,1H3. The van der Waals surface area contributed by atoms with Gasteiger partial charge in [0.15, 0.2) is 0 Å². The summed E-state index contributed by atoms with van der Waals surface area (Å²) in [7, 11) is 0. The van der Waals surface area contributed by atoms with Gasteiger partial charge in [-0.2, -0.15) is 11.8 Å². The van der Waals surface area contributed by atoms with Crippen molar-refractivity contribution in [3.8, 4) is 0 Å². The van der Waals surface area contributed by atoms with E-state index in [-0.39, 0.29) is 5.60 Å². The van der Waals surface area contributed by atoms with Crippen molar-refractivity contribution in [2.75, 3.05) is 18.6 Å². The Kier molecular flexibility index (Phi) is 4.57. The zero-order valence-corrected chi connectivity index (χ0v) is 11.2. The average molecular weight is 243 g/mol. The predicted molar refractivity (Wildman–Crippen MR) is 70.8 cm³/mol. The number of nitrogens with two attached hydrogens (primary N) is 1. The molecule has 1 aliphatic carbocycles. The van der Waals surface area contributed by atoms with Crippen LogP contribution in [-0.2, 0) is 4.74 Å². The summed E-state index contributed by atoms with van der Waals surface area (Å²) in [5.41, 5.74) is 6.49. The molecule has 3 heteroatoms. The third-order valence-corrected chi connectivity index (χ3v) is 4.98. The molecule has 0 radical (unpaired) electrons. The quantitative estimate of drug-likeness (QED) is 0.828. The van der Waals surface area contributed by atoms with E-state index in [2.05, 4.69) is 6.26 Å². The lowest BCUT2D eigenvalue weighted by atomic mass is 9.74. The van der Waals surface area contributed by atoms with Crippen LogP contribution in [0.15, 0.2) is 0 Å². The van der Waals surface area contributed by atoms with Gasteiger partial charge >= 0.3 is 0 Å². The summed E-state index contributed by atoms with van der Waals surface area (Å²) >= 11 is 1.87. The van der Waals surface area contributed by atoms with Crippen LogP contribution in [-0.4, -0.2) is 30.3 Å². The number of ether oxygens (including phenoxy) is 1. The fourth-order valence-electron chi connectivity index (χ4n) is 3.30. The van der Waals surface area contributed by atoms with Crippen molar-refractivity contribution in [2.24, 2.45) is 11.7 Å². The second kappa shape index (κ2) is 5.74. The van der Waals surface area contributed by atoms with Crippen LogP contribution in [0, 0.1) is 5.92 Å². The monoisotopic (exact) mass is 243 g/mol. The van der Waals surface area contributed by atoms with Gasteiger partial charge in [-0.15, -0.1) is 0 Å². The summed E-state index contributed by atoms with van der Waals surface area (Å²) < 4.78 is 6.10. The molecule has 2 fully saturated rings. The highest BCUT2D eigenvalue weighted by Crippen LogP contribution is 2.41. The maximum Gasteiger partial charge on any atom is 0.0685 e. The van der Waals surface area contributed by atoms with Crippen molar-refractivity contribution in [3.05, 3.63) is 0 Å². The van der Waals surface area contributed by atoms with Crippen LogP contribution in [0.2, 0.25) is 0 Å². The van der Waals surface area contributed by atoms with E-state index < -0.39 is 0 Å². The van der Waals surface area contributed by atoms with Crippen LogP contribution in [0.4, 0.5) is 0 Å². The minimum absolute atomic E-state index is 0.219. The predicted octanol–water partition coefficient (Wildman–Crippen LogP) is 2.81. The lowest BCUT2D eigenvalue weighted by Gasteiger charge is -2.45. The number of rotatable bonds is 3. The molecule has 2 unspecified atom stereocenters. The molecule has 1 spiro atoms. The summed E-state index contributed by atoms with van der Waals surface area (Å²) in [5.74, 6) is 1.79. The molecular weight excluding hydrogens is 218 g/mol. The van der Waals surface area contributed by atoms with Crippen molar-refractivity contribution >= 4 is 11.8 Å². The van der Waals surface area contributed by atoms with E-state index in [0.29, 0.717) is 12.0 Å². The van der Waals surface area contributed by atoms with Gasteiger partial charge in [0.25, 0.3) is 0 Å².